The van der Waals surface area contributed by atoms with Crippen molar-refractivity contribution >= 4 is 0 Å². The Labute approximate surface area is 128 Å². The van der Waals surface area contributed by atoms with Gasteiger partial charge in [-0.25, -0.2) is 0 Å². The minimum absolute atomic E-state index is 0.681. The number of piperidine rings is 1. The van der Waals surface area contributed by atoms with E-state index in [0.29, 0.717) is 12.0 Å². The number of fused-ring (bicyclic) bond motifs is 1. The van der Waals surface area contributed by atoms with Crippen LogP contribution in [0.25, 0.3) is 0 Å². The van der Waals surface area contributed by atoms with E-state index in [1.807, 2.05) is 0 Å². The Hall–Kier alpha value is -1.06. The van der Waals surface area contributed by atoms with E-state index < -0.39 is 0 Å². The summed E-state index contributed by atoms with van der Waals surface area (Å²) in [5.74, 6) is 1.76. The third-order valence-electron chi connectivity index (χ3n) is 4.93. The zero-order valence-corrected chi connectivity index (χ0v) is 13.4. The Balaban J connectivity index is 1.49. The van der Waals surface area contributed by atoms with Crippen LogP contribution in [0, 0.1) is 5.92 Å². The fraction of sp³-hybridized carbons (Fsp3) is 0.667. The van der Waals surface area contributed by atoms with Crippen molar-refractivity contribution in [3.63, 3.8) is 0 Å². The van der Waals surface area contributed by atoms with Crippen molar-refractivity contribution in [3.8, 4) is 5.75 Å². The molecule has 1 fully saturated rings. The molecule has 0 amide bonds. The maximum Gasteiger partial charge on any atom is 0.119 e. The molecule has 0 aromatic heterocycles. The lowest BCUT2D eigenvalue weighted by atomic mass is 9.97. The van der Waals surface area contributed by atoms with Gasteiger partial charge in [-0.3, -0.25) is 0 Å². The molecule has 2 aliphatic heterocycles. The van der Waals surface area contributed by atoms with E-state index in [0.717, 1.165) is 31.9 Å². The van der Waals surface area contributed by atoms with Crippen molar-refractivity contribution in [2.24, 2.45) is 5.92 Å². The lowest BCUT2D eigenvalue weighted by molar-refractivity contribution is 0.119. The molecule has 0 spiro atoms. The van der Waals surface area contributed by atoms with Crippen molar-refractivity contribution in [2.45, 2.75) is 45.7 Å². The summed E-state index contributed by atoms with van der Waals surface area (Å²) < 4.78 is 6.06. The van der Waals surface area contributed by atoms with E-state index in [1.165, 1.54) is 37.1 Å². The highest BCUT2D eigenvalue weighted by molar-refractivity contribution is 5.37. The quantitative estimate of drug-likeness (QED) is 0.922. The third kappa shape index (κ3) is 3.78. The number of hydrogen-bond acceptors (Lipinski definition) is 3. The van der Waals surface area contributed by atoms with Gasteiger partial charge < -0.3 is 15.0 Å². The first-order valence-corrected chi connectivity index (χ1v) is 8.42. The lowest BCUT2D eigenvalue weighted by Crippen LogP contribution is -2.39. The summed E-state index contributed by atoms with van der Waals surface area (Å²) >= 11 is 0. The van der Waals surface area contributed by atoms with Gasteiger partial charge >= 0.3 is 0 Å². The van der Waals surface area contributed by atoms with Crippen LogP contribution in [-0.2, 0) is 13.0 Å². The molecule has 1 saturated heterocycles. The summed E-state index contributed by atoms with van der Waals surface area (Å²) in [6, 6.07) is 7.30. The lowest BCUT2D eigenvalue weighted by Gasteiger charge is -2.34. The largest absolute Gasteiger partial charge is 0.493 e. The Morgan fingerprint density at radius 2 is 2.05 bits per heavy atom. The van der Waals surface area contributed by atoms with Crippen LogP contribution in [0.5, 0.6) is 5.75 Å². The topological polar surface area (TPSA) is 24.5 Å². The molecular formula is C18H28N2O. The molecule has 1 aromatic carbocycles. The van der Waals surface area contributed by atoms with Gasteiger partial charge in [0.1, 0.15) is 5.75 Å². The molecule has 116 valence electrons. The molecule has 0 saturated carbocycles. The van der Waals surface area contributed by atoms with Gasteiger partial charge in [-0.15, -0.1) is 0 Å². The molecule has 21 heavy (non-hydrogen) atoms. The van der Waals surface area contributed by atoms with Crippen LogP contribution in [0.3, 0.4) is 0 Å². The van der Waals surface area contributed by atoms with Crippen molar-refractivity contribution < 1.29 is 4.74 Å². The molecule has 2 heterocycles. The zero-order chi connectivity index (χ0) is 14.7. The average molecular weight is 288 g/mol. The highest BCUT2D eigenvalue weighted by Crippen LogP contribution is 2.23. The van der Waals surface area contributed by atoms with Gasteiger partial charge in [0, 0.05) is 12.6 Å². The van der Waals surface area contributed by atoms with Crippen LogP contribution < -0.4 is 10.1 Å². The Bertz CT molecular complexity index is 464. The molecule has 0 bridgehead atoms. The van der Waals surface area contributed by atoms with E-state index in [2.05, 4.69) is 42.3 Å². The number of nitrogens with one attached hydrogen (secondary N) is 1. The predicted octanol–water partition coefficient (Wildman–Crippen LogP) is 2.83. The molecule has 3 heteroatoms. The standard InChI is InChI=1S/C18H28N2O/c1-14(2)20-9-6-15(7-10-20)13-21-18-4-3-16-5-8-19-12-17(16)11-18/h3-4,11,14-15,19H,5-10,12-13H2,1-2H3. The Morgan fingerprint density at radius 1 is 1.24 bits per heavy atom. The molecule has 3 nitrogen and oxygen atoms in total. The van der Waals surface area contributed by atoms with Gasteiger partial charge in [-0.2, -0.15) is 0 Å². The number of benzene rings is 1. The van der Waals surface area contributed by atoms with Gasteiger partial charge in [-0.05, 0) is 81.9 Å². The second-order valence-electron chi connectivity index (χ2n) is 6.74. The third-order valence-corrected chi connectivity index (χ3v) is 4.93. The Kier molecular flexibility index (Phi) is 4.81. The summed E-state index contributed by atoms with van der Waals surface area (Å²) in [4.78, 5) is 2.57. The molecule has 0 atom stereocenters. The Morgan fingerprint density at radius 3 is 2.81 bits per heavy atom. The minimum atomic E-state index is 0.681. The molecule has 0 unspecified atom stereocenters. The summed E-state index contributed by atoms with van der Waals surface area (Å²) in [5.41, 5.74) is 2.89. The molecule has 3 rings (SSSR count). The predicted molar refractivity (Wildman–Crippen MR) is 86.8 cm³/mol. The average Bonchev–Trinajstić information content (AvgIpc) is 2.53. The van der Waals surface area contributed by atoms with Crippen molar-refractivity contribution in [1.82, 2.24) is 10.2 Å². The monoisotopic (exact) mass is 288 g/mol. The summed E-state index contributed by atoms with van der Waals surface area (Å²) in [5, 5.41) is 3.43. The van der Waals surface area contributed by atoms with Crippen LogP contribution >= 0.6 is 0 Å². The zero-order valence-electron chi connectivity index (χ0n) is 13.4. The fourth-order valence-corrected chi connectivity index (χ4v) is 3.40. The van der Waals surface area contributed by atoms with Crippen LogP contribution in [0.1, 0.15) is 37.8 Å². The molecule has 1 N–H and O–H groups in total. The highest BCUT2D eigenvalue weighted by atomic mass is 16.5. The van der Waals surface area contributed by atoms with E-state index >= 15 is 0 Å². The van der Waals surface area contributed by atoms with Gasteiger partial charge in [0.05, 0.1) is 6.61 Å². The van der Waals surface area contributed by atoms with Crippen molar-refractivity contribution in [3.05, 3.63) is 29.3 Å². The maximum atomic E-state index is 6.06. The van der Waals surface area contributed by atoms with Gasteiger partial charge in [0.2, 0.25) is 0 Å². The fourth-order valence-electron chi connectivity index (χ4n) is 3.40. The van der Waals surface area contributed by atoms with Crippen molar-refractivity contribution in [2.75, 3.05) is 26.2 Å². The molecule has 0 radical (unpaired) electrons. The van der Waals surface area contributed by atoms with Gasteiger partial charge in [0.15, 0.2) is 0 Å². The molecule has 2 aliphatic rings. The minimum Gasteiger partial charge on any atom is -0.493 e. The molecule has 0 aliphatic carbocycles. The van der Waals surface area contributed by atoms with Crippen molar-refractivity contribution in [1.29, 1.82) is 0 Å². The number of hydrogen-bond donors (Lipinski definition) is 1. The molecule has 1 aromatic rings. The summed E-state index contributed by atoms with van der Waals surface area (Å²) in [7, 11) is 0. The normalized spacial score (nSPS) is 20.5. The summed E-state index contributed by atoms with van der Waals surface area (Å²) in [6.07, 6.45) is 3.68. The van der Waals surface area contributed by atoms with E-state index in [4.69, 9.17) is 4.74 Å². The SMILES string of the molecule is CC(C)N1CCC(COc2ccc3c(c2)CNCC3)CC1. The second-order valence-corrected chi connectivity index (χ2v) is 6.74. The number of nitrogens with zero attached hydrogens (tertiary/aromatic N) is 1. The van der Waals surface area contributed by atoms with E-state index in [9.17, 15) is 0 Å². The van der Waals surface area contributed by atoms with Crippen LogP contribution in [0.4, 0.5) is 0 Å². The van der Waals surface area contributed by atoms with Crippen LogP contribution in [0.15, 0.2) is 18.2 Å². The first kappa shape index (κ1) is 14.9. The number of rotatable bonds is 4. The summed E-state index contributed by atoms with van der Waals surface area (Å²) in [6.45, 7) is 9.98. The second kappa shape index (κ2) is 6.80. The number of ether oxygens (including phenoxy) is 1. The van der Waals surface area contributed by atoms with E-state index in [1.54, 1.807) is 0 Å². The smallest absolute Gasteiger partial charge is 0.119 e. The first-order chi connectivity index (χ1) is 10.2. The number of likely N-dealkylation sites (tertiary alicyclic amines) is 1. The van der Waals surface area contributed by atoms with E-state index in [-0.39, 0.29) is 0 Å². The van der Waals surface area contributed by atoms with Gasteiger partial charge in [0.25, 0.3) is 0 Å². The first-order valence-electron chi connectivity index (χ1n) is 8.42. The maximum absolute atomic E-state index is 6.06. The highest BCUT2D eigenvalue weighted by Gasteiger charge is 2.21. The van der Waals surface area contributed by atoms with Crippen LogP contribution in [-0.4, -0.2) is 37.2 Å². The molecular weight excluding hydrogens is 260 g/mol. The van der Waals surface area contributed by atoms with Gasteiger partial charge in [-0.1, -0.05) is 6.07 Å². The van der Waals surface area contributed by atoms with Crippen LogP contribution in [0.2, 0.25) is 0 Å².